The largest absolute Gasteiger partial charge is 0.466 e. The number of ether oxygens (including phenoxy) is 1. The van der Waals surface area contributed by atoms with E-state index >= 15 is 0 Å². The van der Waals surface area contributed by atoms with Crippen molar-refractivity contribution in [3.63, 3.8) is 0 Å². The number of hydrogen-bond acceptors (Lipinski definition) is 2. The average Bonchev–Trinajstić information content (AvgIpc) is 2.00. The molecule has 0 aliphatic carbocycles. The van der Waals surface area contributed by atoms with E-state index in [0.29, 0.717) is 13.0 Å². The SMILES string of the molecule is CCOC(=O)CCC(C)=C(C)C. The molecule has 12 heavy (non-hydrogen) atoms. The predicted octanol–water partition coefficient (Wildman–Crippen LogP) is 2.69. The van der Waals surface area contributed by atoms with Gasteiger partial charge in [-0.1, -0.05) is 11.1 Å². The third kappa shape index (κ3) is 4.94. The topological polar surface area (TPSA) is 26.3 Å². The molecule has 0 bridgehead atoms. The molecule has 0 saturated heterocycles. The molecule has 2 nitrogen and oxygen atoms in total. The summed E-state index contributed by atoms with van der Waals surface area (Å²) in [6.45, 7) is 8.47. The minimum atomic E-state index is -0.0990. The van der Waals surface area contributed by atoms with E-state index in [9.17, 15) is 4.79 Å². The maximum absolute atomic E-state index is 10.9. The Morgan fingerprint density at radius 2 is 1.75 bits per heavy atom. The molecule has 0 aliphatic rings. The maximum atomic E-state index is 10.9. The molecule has 0 aliphatic heterocycles. The highest BCUT2D eigenvalue weighted by Crippen LogP contribution is 2.09. The van der Waals surface area contributed by atoms with Gasteiger partial charge < -0.3 is 4.74 Å². The first-order valence-corrected chi connectivity index (χ1v) is 4.36. The second kappa shape index (κ2) is 5.81. The third-order valence-corrected chi connectivity index (χ3v) is 1.86. The van der Waals surface area contributed by atoms with Gasteiger partial charge in [0.15, 0.2) is 0 Å². The summed E-state index contributed by atoms with van der Waals surface area (Å²) in [4.78, 5) is 10.9. The Balaban J connectivity index is 3.69. The lowest BCUT2D eigenvalue weighted by Crippen LogP contribution is -2.03. The second-order valence-electron chi connectivity index (χ2n) is 3.09. The van der Waals surface area contributed by atoms with Crippen LogP contribution in [0.5, 0.6) is 0 Å². The van der Waals surface area contributed by atoms with Crippen LogP contribution in [-0.4, -0.2) is 12.6 Å². The summed E-state index contributed by atoms with van der Waals surface area (Å²) in [7, 11) is 0. The number of hydrogen-bond donors (Lipinski definition) is 0. The van der Waals surface area contributed by atoms with Crippen molar-refractivity contribution in [1.82, 2.24) is 0 Å². The fraction of sp³-hybridized carbons (Fsp3) is 0.700. The van der Waals surface area contributed by atoms with Crippen LogP contribution in [0, 0.1) is 0 Å². The zero-order chi connectivity index (χ0) is 9.56. The van der Waals surface area contributed by atoms with Gasteiger partial charge in [0, 0.05) is 6.42 Å². The lowest BCUT2D eigenvalue weighted by Gasteiger charge is -2.03. The third-order valence-electron chi connectivity index (χ3n) is 1.86. The quantitative estimate of drug-likeness (QED) is 0.479. The number of carbonyl (C=O) groups excluding carboxylic acids is 1. The van der Waals surface area contributed by atoms with Crippen molar-refractivity contribution >= 4 is 5.97 Å². The average molecular weight is 170 g/mol. The molecule has 0 heterocycles. The second-order valence-corrected chi connectivity index (χ2v) is 3.09. The number of carbonyl (C=O) groups is 1. The van der Waals surface area contributed by atoms with E-state index in [0.717, 1.165) is 6.42 Å². The molecule has 2 heteroatoms. The van der Waals surface area contributed by atoms with Gasteiger partial charge in [-0.25, -0.2) is 0 Å². The van der Waals surface area contributed by atoms with Crippen LogP contribution in [0.4, 0.5) is 0 Å². The van der Waals surface area contributed by atoms with E-state index in [1.54, 1.807) is 0 Å². The Morgan fingerprint density at radius 1 is 1.17 bits per heavy atom. The first-order valence-electron chi connectivity index (χ1n) is 4.36. The van der Waals surface area contributed by atoms with Gasteiger partial charge in [0.2, 0.25) is 0 Å². The zero-order valence-corrected chi connectivity index (χ0v) is 8.44. The van der Waals surface area contributed by atoms with Crippen molar-refractivity contribution in [2.75, 3.05) is 6.61 Å². The van der Waals surface area contributed by atoms with E-state index in [2.05, 4.69) is 20.8 Å². The van der Waals surface area contributed by atoms with Crippen LogP contribution < -0.4 is 0 Å². The van der Waals surface area contributed by atoms with E-state index < -0.39 is 0 Å². The van der Waals surface area contributed by atoms with Gasteiger partial charge in [-0.2, -0.15) is 0 Å². The summed E-state index contributed by atoms with van der Waals surface area (Å²) >= 11 is 0. The van der Waals surface area contributed by atoms with Gasteiger partial charge >= 0.3 is 5.97 Å². The maximum Gasteiger partial charge on any atom is 0.306 e. The van der Waals surface area contributed by atoms with Gasteiger partial charge in [0.05, 0.1) is 6.61 Å². The number of esters is 1. The lowest BCUT2D eigenvalue weighted by molar-refractivity contribution is -0.143. The smallest absolute Gasteiger partial charge is 0.306 e. The van der Waals surface area contributed by atoms with Crippen molar-refractivity contribution < 1.29 is 9.53 Å². The Bertz CT molecular complexity index is 176. The predicted molar refractivity (Wildman–Crippen MR) is 49.9 cm³/mol. The van der Waals surface area contributed by atoms with Crippen molar-refractivity contribution in [3.05, 3.63) is 11.1 Å². The van der Waals surface area contributed by atoms with Crippen molar-refractivity contribution in [3.8, 4) is 0 Å². The van der Waals surface area contributed by atoms with Gasteiger partial charge in [-0.3, -0.25) is 4.79 Å². The molecule has 0 rings (SSSR count). The van der Waals surface area contributed by atoms with Crippen LogP contribution in [0.25, 0.3) is 0 Å². The highest BCUT2D eigenvalue weighted by atomic mass is 16.5. The van der Waals surface area contributed by atoms with Crippen LogP contribution in [0.2, 0.25) is 0 Å². The molecule has 0 aromatic rings. The fourth-order valence-electron chi connectivity index (χ4n) is 0.773. The van der Waals surface area contributed by atoms with Crippen LogP contribution in [-0.2, 0) is 9.53 Å². The Kier molecular flexibility index (Phi) is 5.43. The minimum Gasteiger partial charge on any atom is -0.466 e. The molecular formula is C10H18O2. The Morgan fingerprint density at radius 3 is 2.17 bits per heavy atom. The van der Waals surface area contributed by atoms with Crippen LogP contribution in [0.15, 0.2) is 11.1 Å². The van der Waals surface area contributed by atoms with Gasteiger partial charge in [-0.15, -0.1) is 0 Å². The molecule has 0 atom stereocenters. The van der Waals surface area contributed by atoms with Crippen LogP contribution in [0.1, 0.15) is 40.5 Å². The molecule has 0 aromatic heterocycles. The first-order chi connectivity index (χ1) is 5.57. The van der Waals surface area contributed by atoms with E-state index in [4.69, 9.17) is 4.74 Å². The molecule has 0 saturated carbocycles. The van der Waals surface area contributed by atoms with Crippen molar-refractivity contribution in [2.45, 2.75) is 40.5 Å². The lowest BCUT2D eigenvalue weighted by atomic mass is 10.1. The molecule has 0 spiro atoms. The Hall–Kier alpha value is -0.790. The highest BCUT2D eigenvalue weighted by Gasteiger charge is 2.01. The van der Waals surface area contributed by atoms with Crippen molar-refractivity contribution in [2.24, 2.45) is 0 Å². The Labute approximate surface area is 74.6 Å². The summed E-state index contributed by atoms with van der Waals surface area (Å²) in [5.41, 5.74) is 2.57. The van der Waals surface area contributed by atoms with Crippen molar-refractivity contribution in [1.29, 1.82) is 0 Å². The number of allylic oxidation sites excluding steroid dienone is 2. The fourth-order valence-corrected chi connectivity index (χ4v) is 0.773. The number of rotatable bonds is 4. The molecule has 0 radical (unpaired) electrons. The van der Waals surface area contributed by atoms with Gasteiger partial charge in [0.1, 0.15) is 0 Å². The van der Waals surface area contributed by atoms with Gasteiger partial charge in [-0.05, 0) is 34.1 Å². The summed E-state index contributed by atoms with van der Waals surface area (Å²) in [5.74, 6) is -0.0990. The first kappa shape index (κ1) is 11.2. The molecule has 0 fully saturated rings. The molecule has 0 N–H and O–H groups in total. The summed E-state index contributed by atoms with van der Waals surface area (Å²) in [6, 6.07) is 0. The van der Waals surface area contributed by atoms with Crippen LogP contribution >= 0.6 is 0 Å². The highest BCUT2D eigenvalue weighted by molar-refractivity contribution is 5.69. The van der Waals surface area contributed by atoms with E-state index in [-0.39, 0.29) is 5.97 Å². The molecular weight excluding hydrogens is 152 g/mol. The standard InChI is InChI=1S/C10H18O2/c1-5-12-10(11)7-6-9(4)8(2)3/h5-7H2,1-4H3. The minimum absolute atomic E-state index is 0.0990. The zero-order valence-electron chi connectivity index (χ0n) is 8.44. The van der Waals surface area contributed by atoms with E-state index in [1.807, 2.05) is 6.92 Å². The summed E-state index contributed by atoms with van der Waals surface area (Å²) in [6.07, 6.45) is 1.33. The molecule has 0 amide bonds. The normalized spacial score (nSPS) is 9.33. The molecule has 70 valence electrons. The van der Waals surface area contributed by atoms with Crippen LogP contribution in [0.3, 0.4) is 0 Å². The van der Waals surface area contributed by atoms with Gasteiger partial charge in [0.25, 0.3) is 0 Å². The molecule has 0 aromatic carbocycles. The summed E-state index contributed by atoms with van der Waals surface area (Å²) in [5, 5.41) is 0. The molecule has 0 unspecified atom stereocenters. The van der Waals surface area contributed by atoms with E-state index in [1.165, 1.54) is 11.1 Å². The summed E-state index contributed by atoms with van der Waals surface area (Å²) < 4.78 is 4.81. The monoisotopic (exact) mass is 170 g/mol.